The highest BCUT2D eigenvalue weighted by molar-refractivity contribution is 9.10. The fourth-order valence-corrected chi connectivity index (χ4v) is 2.31. The van der Waals surface area contributed by atoms with E-state index in [2.05, 4.69) is 52.1 Å². The molecule has 0 aromatic heterocycles. The summed E-state index contributed by atoms with van der Waals surface area (Å²) in [5, 5.41) is 0. The molecule has 0 amide bonds. The Morgan fingerprint density at radius 3 is 2.50 bits per heavy atom. The van der Waals surface area contributed by atoms with Crippen molar-refractivity contribution >= 4 is 27.3 Å². The lowest BCUT2D eigenvalue weighted by Crippen LogP contribution is -2.21. The van der Waals surface area contributed by atoms with E-state index in [0.29, 0.717) is 0 Å². The predicted molar refractivity (Wildman–Crippen MR) is 82.0 cm³/mol. The first-order valence-electron chi connectivity index (χ1n) is 5.97. The van der Waals surface area contributed by atoms with Gasteiger partial charge in [0.15, 0.2) is 0 Å². The maximum absolute atomic E-state index is 6.02. The normalized spacial score (nSPS) is 10.3. The number of hydrogen-bond acceptors (Lipinski definition) is 2. The molecule has 2 aromatic rings. The minimum Gasteiger partial charge on any atom is -0.397 e. The van der Waals surface area contributed by atoms with Crippen LogP contribution in [0.15, 0.2) is 53.0 Å². The first-order valence-corrected chi connectivity index (χ1v) is 6.76. The second-order valence-corrected chi connectivity index (χ2v) is 5.28. The van der Waals surface area contributed by atoms with Crippen LogP contribution in [0.1, 0.15) is 5.56 Å². The van der Waals surface area contributed by atoms with Gasteiger partial charge >= 0.3 is 0 Å². The van der Waals surface area contributed by atoms with Crippen molar-refractivity contribution in [2.24, 2.45) is 0 Å². The molecular weight excluding hydrogens is 288 g/mol. The number of nitrogens with zero attached hydrogens (tertiary/aromatic N) is 1. The van der Waals surface area contributed by atoms with Gasteiger partial charge in [-0.3, -0.25) is 0 Å². The lowest BCUT2D eigenvalue weighted by atomic mass is 10.1. The quantitative estimate of drug-likeness (QED) is 0.873. The summed E-state index contributed by atoms with van der Waals surface area (Å²) in [4.78, 5) is 2.19. The van der Waals surface area contributed by atoms with Crippen LogP contribution in [-0.4, -0.2) is 13.6 Å². The molecule has 2 nitrogen and oxygen atoms in total. The summed E-state index contributed by atoms with van der Waals surface area (Å²) in [6.07, 6.45) is 1.02. The van der Waals surface area contributed by atoms with Crippen LogP contribution >= 0.6 is 15.9 Å². The number of halogens is 1. The maximum atomic E-state index is 6.02. The van der Waals surface area contributed by atoms with E-state index in [1.54, 1.807) is 0 Å². The van der Waals surface area contributed by atoms with Gasteiger partial charge in [0.05, 0.1) is 11.4 Å². The summed E-state index contributed by atoms with van der Waals surface area (Å²) in [5.41, 5.74) is 9.25. The van der Waals surface area contributed by atoms with Gasteiger partial charge in [-0.1, -0.05) is 46.3 Å². The molecule has 0 aliphatic rings. The van der Waals surface area contributed by atoms with Crippen molar-refractivity contribution in [3.63, 3.8) is 0 Å². The summed E-state index contributed by atoms with van der Waals surface area (Å²) >= 11 is 3.42. The maximum Gasteiger partial charge on any atom is 0.0598 e. The Morgan fingerprint density at radius 2 is 1.83 bits per heavy atom. The molecule has 94 valence electrons. The molecule has 18 heavy (non-hydrogen) atoms. The first-order chi connectivity index (χ1) is 8.66. The number of likely N-dealkylation sites (N-methyl/N-ethyl adjacent to an activating group) is 1. The van der Waals surface area contributed by atoms with Crippen LogP contribution in [0.3, 0.4) is 0 Å². The Labute approximate surface area is 117 Å². The van der Waals surface area contributed by atoms with Crippen LogP contribution in [0.25, 0.3) is 0 Å². The van der Waals surface area contributed by atoms with Crippen molar-refractivity contribution < 1.29 is 0 Å². The third kappa shape index (κ3) is 3.26. The average molecular weight is 305 g/mol. The molecule has 0 radical (unpaired) electrons. The molecule has 0 atom stereocenters. The highest BCUT2D eigenvalue weighted by atomic mass is 79.9. The van der Waals surface area contributed by atoms with Gasteiger partial charge in [-0.25, -0.2) is 0 Å². The first kappa shape index (κ1) is 13.0. The van der Waals surface area contributed by atoms with Crippen LogP contribution in [0.5, 0.6) is 0 Å². The molecular formula is C15H17BrN2. The van der Waals surface area contributed by atoms with E-state index in [0.717, 1.165) is 28.8 Å². The zero-order valence-electron chi connectivity index (χ0n) is 10.4. The van der Waals surface area contributed by atoms with Crippen molar-refractivity contribution in [1.29, 1.82) is 0 Å². The molecule has 2 aromatic carbocycles. The van der Waals surface area contributed by atoms with Crippen LogP contribution in [0.4, 0.5) is 11.4 Å². The number of nitrogen functional groups attached to an aromatic ring is 1. The number of hydrogen-bond donors (Lipinski definition) is 1. The van der Waals surface area contributed by atoms with Crippen LogP contribution in [-0.2, 0) is 6.42 Å². The fourth-order valence-electron chi connectivity index (χ4n) is 1.93. The molecule has 0 saturated heterocycles. The second kappa shape index (κ2) is 5.91. The van der Waals surface area contributed by atoms with Gasteiger partial charge in [0.25, 0.3) is 0 Å². The molecule has 0 spiro atoms. The van der Waals surface area contributed by atoms with Crippen molar-refractivity contribution in [1.82, 2.24) is 0 Å². The van der Waals surface area contributed by atoms with Crippen molar-refractivity contribution in [3.8, 4) is 0 Å². The fraction of sp³-hybridized carbons (Fsp3) is 0.200. The van der Waals surface area contributed by atoms with E-state index in [4.69, 9.17) is 5.73 Å². The predicted octanol–water partition coefficient (Wildman–Crippen LogP) is 3.71. The summed E-state index contributed by atoms with van der Waals surface area (Å²) in [7, 11) is 2.07. The smallest absolute Gasteiger partial charge is 0.0598 e. The summed E-state index contributed by atoms with van der Waals surface area (Å²) < 4.78 is 1.01. The molecule has 3 heteroatoms. The minimum absolute atomic E-state index is 0.805. The van der Waals surface area contributed by atoms with E-state index in [1.165, 1.54) is 5.56 Å². The van der Waals surface area contributed by atoms with Gasteiger partial charge in [0.2, 0.25) is 0 Å². The van der Waals surface area contributed by atoms with Crippen molar-refractivity contribution in [3.05, 3.63) is 58.6 Å². The molecule has 0 saturated carbocycles. The molecule has 2 N–H and O–H groups in total. The van der Waals surface area contributed by atoms with Crippen molar-refractivity contribution in [2.45, 2.75) is 6.42 Å². The summed E-state index contributed by atoms with van der Waals surface area (Å²) in [6.45, 7) is 0.954. The number of rotatable bonds is 4. The minimum atomic E-state index is 0.805. The Morgan fingerprint density at radius 1 is 1.11 bits per heavy atom. The van der Waals surface area contributed by atoms with E-state index in [9.17, 15) is 0 Å². The van der Waals surface area contributed by atoms with Crippen LogP contribution in [0, 0.1) is 0 Å². The number of benzene rings is 2. The van der Waals surface area contributed by atoms with E-state index in [-0.39, 0.29) is 0 Å². The van der Waals surface area contributed by atoms with Crippen LogP contribution in [0.2, 0.25) is 0 Å². The Bertz CT molecular complexity index is 511. The molecule has 0 fully saturated rings. The molecule has 0 aliphatic heterocycles. The van der Waals surface area contributed by atoms with Crippen LogP contribution < -0.4 is 10.6 Å². The second-order valence-electron chi connectivity index (χ2n) is 4.36. The standard InChI is InChI=1S/C15H17BrN2/c1-18(10-9-12-5-3-2-4-6-12)15-8-7-13(16)11-14(15)17/h2-8,11H,9-10,17H2,1H3. The Hall–Kier alpha value is -1.48. The molecule has 0 heterocycles. The monoisotopic (exact) mass is 304 g/mol. The molecule has 0 unspecified atom stereocenters. The van der Waals surface area contributed by atoms with Gasteiger partial charge < -0.3 is 10.6 Å². The van der Waals surface area contributed by atoms with Crippen molar-refractivity contribution in [2.75, 3.05) is 24.2 Å². The lowest BCUT2D eigenvalue weighted by molar-refractivity contribution is 0.878. The number of anilines is 2. The van der Waals surface area contributed by atoms with E-state index < -0.39 is 0 Å². The summed E-state index contributed by atoms with van der Waals surface area (Å²) in [6, 6.07) is 16.5. The van der Waals surface area contributed by atoms with E-state index >= 15 is 0 Å². The highest BCUT2D eigenvalue weighted by Crippen LogP contribution is 2.25. The average Bonchev–Trinajstić information content (AvgIpc) is 2.37. The SMILES string of the molecule is CN(CCc1ccccc1)c1ccc(Br)cc1N. The third-order valence-electron chi connectivity index (χ3n) is 2.98. The van der Waals surface area contributed by atoms with Gasteiger partial charge in [-0.15, -0.1) is 0 Å². The Kier molecular flexibility index (Phi) is 4.26. The van der Waals surface area contributed by atoms with Gasteiger partial charge in [0, 0.05) is 18.1 Å². The zero-order chi connectivity index (χ0) is 13.0. The largest absolute Gasteiger partial charge is 0.397 e. The van der Waals surface area contributed by atoms with E-state index in [1.807, 2.05) is 24.3 Å². The molecule has 0 aliphatic carbocycles. The van der Waals surface area contributed by atoms with Gasteiger partial charge in [-0.2, -0.15) is 0 Å². The Balaban J connectivity index is 2.01. The summed E-state index contributed by atoms with van der Waals surface area (Å²) in [5.74, 6) is 0. The topological polar surface area (TPSA) is 29.3 Å². The zero-order valence-corrected chi connectivity index (χ0v) is 12.0. The highest BCUT2D eigenvalue weighted by Gasteiger charge is 2.05. The molecule has 2 rings (SSSR count). The lowest BCUT2D eigenvalue weighted by Gasteiger charge is -2.21. The number of nitrogens with two attached hydrogens (primary N) is 1. The third-order valence-corrected chi connectivity index (χ3v) is 3.47. The van der Waals surface area contributed by atoms with Gasteiger partial charge in [0.1, 0.15) is 0 Å². The molecule has 0 bridgehead atoms. The van der Waals surface area contributed by atoms with Gasteiger partial charge in [-0.05, 0) is 30.2 Å².